The number of ketones is 1. The van der Waals surface area contributed by atoms with Gasteiger partial charge in [0.15, 0.2) is 5.78 Å². The number of piperazine rings is 1. The molecular formula is C25H24N4O5. The van der Waals surface area contributed by atoms with E-state index in [1.54, 1.807) is 60.9 Å². The molecule has 1 aromatic heterocycles. The first-order chi connectivity index (χ1) is 16.5. The van der Waals surface area contributed by atoms with Crippen molar-refractivity contribution in [2.45, 2.75) is 6.04 Å². The summed E-state index contributed by atoms with van der Waals surface area (Å²) in [5, 5.41) is 15.7. The van der Waals surface area contributed by atoms with Crippen molar-refractivity contribution in [3.05, 3.63) is 83.7 Å². The monoisotopic (exact) mass is 460 g/mol. The number of ether oxygens (including phenoxy) is 1. The van der Waals surface area contributed by atoms with Gasteiger partial charge in [-0.15, -0.1) is 0 Å². The van der Waals surface area contributed by atoms with Crippen molar-refractivity contribution in [1.82, 2.24) is 10.3 Å². The van der Waals surface area contributed by atoms with Gasteiger partial charge in [-0.05, 0) is 42.5 Å². The largest absolute Gasteiger partial charge is 0.496 e. The molecule has 3 N–H and O–H groups in total. The van der Waals surface area contributed by atoms with E-state index in [0.29, 0.717) is 36.6 Å². The number of carboxylic acid groups (broad SMARTS) is 1. The van der Waals surface area contributed by atoms with Crippen LogP contribution in [0.2, 0.25) is 0 Å². The Morgan fingerprint density at radius 3 is 2.59 bits per heavy atom. The molecule has 3 aromatic rings. The van der Waals surface area contributed by atoms with Crippen LogP contribution in [-0.2, 0) is 0 Å². The third-order valence-electron chi connectivity index (χ3n) is 5.68. The highest BCUT2D eigenvalue weighted by atomic mass is 16.5. The fourth-order valence-corrected chi connectivity index (χ4v) is 3.97. The van der Waals surface area contributed by atoms with Crippen LogP contribution in [0.3, 0.4) is 0 Å². The number of para-hydroxylation sites is 1. The van der Waals surface area contributed by atoms with Crippen molar-refractivity contribution in [2.24, 2.45) is 0 Å². The van der Waals surface area contributed by atoms with Gasteiger partial charge in [0.05, 0.1) is 23.9 Å². The van der Waals surface area contributed by atoms with Gasteiger partial charge in [-0.2, -0.15) is 0 Å². The van der Waals surface area contributed by atoms with Crippen LogP contribution in [0, 0.1) is 0 Å². The predicted molar refractivity (Wildman–Crippen MR) is 127 cm³/mol. The van der Waals surface area contributed by atoms with E-state index in [4.69, 9.17) is 4.74 Å². The highest BCUT2D eigenvalue weighted by Gasteiger charge is 2.30. The number of hydrogen-bond acceptors (Lipinski definition) is 7. The maximum Gasteiger partial charge on any atom is 0.337 e. The summed E-state index contributed by atoms with van der Waals surface area (Å²) in [6, 6.07) is 14.2. The molecule has 1 aliphatic rings. The van der Waals surface area contributed by atoms with Gasteiger partial charge in [-0.25, -0.2) is 4.79 Å². The molecule has 1 fully saturated rings. The van der Waals surface area contributed by atoms with Gasteiger partial charge >= 0.3 is 5.97 Å². The van der Waals surface area contributed by atoms with Crippen LogP contribution >= 0.6 is 0 Å². The lowest BCUT2D eigenvalue weighted by molar-refractivity contribution is 0.0698. The Bertz CT molecular complexity index is 1210. The van der Waals surface area contributed by atoms with Gasteiger partial charge < -0.3 is 25.4 Å². The third-order valence-corrected chi connectivity index (χ3v) is 5.68. The number of methoxy groups -OCH3 is 1. The molecule has 1 atom stereocenters. The molecule has 174 valence electrons. The second-order valence-corrected chi connectivity index (χ2v) is 7.70. The van der Waals surface area contributed by atoms with Gasteiger partial charge in [0, 0.05) is 43.3 Å². The zero-order valence-corrected chi connectivity index (χ0v) is 18.5. The fraction of sp³-hybridized carbons (Fsp3) is 0.200. The van der Waals surface area contributed by atoms with Crippen LogP contribution < -0.4 is 20.3 Å². The molecule has 4 rings (SSSR count). The zero-order chi connectivity index (χ0) is 24.1. The predicted octanol–water partition coefficient (Wildman–Crippen LogP) is 2.70. The quantitative estimate of drug-likeness (QED) is 0.460. The zero-order valence-electron chi connectivity index (χ0n) is 18.5. The highest BCUT2D eigenvalue weighted by molar-refractivity contribution is 6.09. The number of aromatic nitrogens is 1. The maximum atomic E-state index is 13.1. The minimum absolute atomic E-state index is 0.0746. The topological polar surface area (TPSA) is 121 Å². The summed E-state index contributed by atoms with van der Waals surface area (Å²) in [5.41, 5.74) is 1.48. The Morgan fingerprint density at radius 2 is 1.85 bits per heavy atom. The van der Waals surface area contributed by atoms with Crippen LogP contribution in [0.1, 0.15) is 31.1 Å². The first kappa shape index (κ1) is 22.9. The molecule has 0 bridgehead atoms. The van der Waals surface area contributed by atoms with Gasteiger partial charge in [0.25, 0.3) is 5.91 Å². The molecule has 9 heteroatoms. The molecule has 2 aromatic carbocycles. The van der Waals surface area contributed by atoms with E-state index >= 15 is 0 Å². The minimum Gasteiger partial charge on any atom is -0.496 e. The van der Waals surface area contributed by atoms with Gasteiger partial charge in [-0.1, -0.05) is 12.1 Å². The standard InChI is InChI=1S/C25H24N4O5/c1-34-22-5-3-2-4-18(22)24(31)28-20-7-6-17(14-19(20)25(32)33)29-13-12-27-15-21(29)23(30)16-8-10-26-11-9-16/h2-11,14,21,27H,12-13,15H2,1H3,(H,28,31)(H,32,33). The Kier molecular flexibility index (Phi) is 6.84. The van der Waals surface area contributed by atoms with Gasteiger partial charge in [0.2, 0.25) is 0 Å². The molecule has 0 radical (unpaired) electrons. The third kappa shape index (κ3) is 4.74. The number of amides is 1. The smallest absolute Gasteiger partial charge is 0.337 e. The second-order valence-electron chi connectivity index (χ2n) is 7.70. The van der Waals surface area contributed by atoms with Crippen molar-refractivity contribution < 1.29 is 24.2 Å². The number of aromatic carboxylic acids is 1. The highest BCUT2D eigenvalue weighted by Crippen LogP contribution is 2.28. The van der Waals surface area contributed by atoms with Crippen molar-refractivity contribution in [2.75, 3.05) is 37.0 Å². The number of carbonyl (C=O) groups is 3. The SMILES string of the molecule is COc1ccccc1C(=O)Nc1ccc(N2CCNCC2C(=O)c2ccncc2)cc1C(=O)O. The molecule has 1 unspecified atom stereocenters. The Labute approximate surface area is 196 Å². The number of carboxylic acids is 1. The number of rotatable bonds is 7. The molecule has 1 saturated heterocycles. The van der Waals surface area contributed by atoms with Crippen molar-refractivity contribution in [3.63, 3.8) is 0 Å². The van der Waals surface area contributed by atoms with Gasteiger partial charge in [0.1, 0.15) is 11.8 Å². The first-order valence-corrected chi connectivity index (χ1v) is 10.7. The first-order valence-electron chi connectivity index (χ1n) is 10.7. The number of anilines is 2. The summed E-state index contributed by atoms with van der Waals surface area (Å²) in [5.74, 6) is -1.38. The Morgan fingerprint density at radius 1 is 1.09 bits per heavy atom. The van der Waals surface area contributed by atoms with E-state index in [-0.39, 0.29) is 22.6 Å². The molecule has 9 nitrogen and oxygen atoms in total. The summed E-state index contributed by atoms with van der Waals surface area (Å²) in [4.78, 5) is 43.8. The number of nitrogens with zero attached hydrogens (tertiary/aromatic N) is 2. The van der Waals surface area contributed by atoms with E-state index in [2.05, 4.69) is 15.6 Å². The lowest BCUT2D eigenvalue weighted by Gasteiger charge is -2.37. The number of Topliss-reactive ketones (excluding diaryl/α,β-unsaturated/α-hetero) is 1. The average Bonchev–Trinajstić information content (AvgIpc) is 2.88. The van der Waals surface area contributed by atoms with E-state index in [1.165, 1.54) is 13.2 Å². The number of carbonyl (C=O) groups excluding carboxylic acids is 2. The lowest BCUT2D eigenvalue weighted by atomic mass is 10.0. The molecular weight excluding hydrogens is 436 g/mol. The molecule has 1 aliphatic heterocycles. The number of benzene rings is 2. The van der Waals surface area contributed by atoms with Crippen molar-refractivity contribution in [1.29, 1.82) is 0 Å². The summed E-state index contributed by atoms with van der Waals surface area (Å²) < 4.78 is 5.23. The summed E-state index contributed by atoms with van der Waals surface area (Å²) >= 11 is 0. The molecule has 0 saturated carbocycles. The number of nitrogens with one attached hydrogen (secondary N) is 2. The number of hydrogen-bond donors (Lipinski definition) is 3. The second kappa shape index (κ2) is 10.1. The summed E-state index contributed by atoms with van der Waals surface area (Å²) in [7, 11) is 1.46. The normalized spacial score (nSPS) is 15.4. The average molecular weight is 460 g/mol. The molecule has 1 amide bonds. The van der Waals surface area contributed by atoms with Crippen LogP contribution in [0.15, 0.2) is 67.0 Å². The van der Waals surface area contributed by atoms with E-state index in [0.717, 1.165) is 0 Å². The maximum absolute atomic E-state index is 13.1. The Balaban J connectivity index is 1.63. The van der Waals surface area contributed by atoms with Crippen LogP contribution in [-0.4, -0.2) is 60.5 Å². The van der Waals surface area contributed by atoms with Crippen LogP contribution in [0.5, 0.6) is 5.75 Å². The Hall–Kier alpha value is -4.24. The summed E-state index contributed by atoms with van der Waals surface area (Å²) in [6.07, 6.45) is 3.13. The van der Waals surface area contributed by atoms with E-state index in [1.807, 2.05) is 4.90 Å². The lowest BCUT2D eigenvalue weighted by Crippen LogP contribution is -2.55. The molecule has 0 spiro atoms. The van der Waals surface area contributed by atoms with E-state index < -0.39 is 17.9 Å². The molecule has 2 heterocycles. The van der Waals surface area contributed by atoms with E-state index in [9.17, 15) is 19.5 Å². The fourth-order valence-electron chi connectivity index (χ4n) is 3.97. The molecule has 0 aliphatic carbocycles. The van der Waals surface area contributed by atoms with Gasteiger partial charge in [-0.3, -0.25) is 14.6 Å². The number of pyridine rings is 1. The molecule has 34 heavy (non-hydrogen) atoms. The van der Waals surface area contributed by atoms with Crippen LogP contribution in [0.4, 0.5) is 11.4 Å². The summed E-state index contributed by atoms with van der Waals surface area (Å²) in [6.45, 7) is 1.60. The van der Waals surface area contributed by atoms with Crippen LogP contribution in [0.25, 0.3) is 0 Å². The van der Waals surface area contributed by atoms with Crippen molar-refractivity contribution in [3.8, 4) is 5.75 Å². The minimum atomic E-state index is -1.19. The van der Waals surface area contributed by atoms with Crippen molar-refractivity contribution >= 4 is 29.0 Å².